The Morgan fingerprint density at radius 3 is 2.73 bits per heavy atom. The number of piperidine rings is 1. The van der Waals surface area contributed by atoms with Gasteiger partial charge in [-0.05, 0) is 51.6 Å². The fraction of sp³-hybridized carbons (Fsp3) is 0.909. The Balaban J connectivity index is 1.99. The normalized spacial score (nSPS) is 31.7. The molecule has 0 bridgehead atoms. The highest BCUT2D eigenvalue weighted by Gasteiger charge is 2.41. The van der Waals surface area contributed by atoms with Gasteiger partial charge in [0.1, 0.15) is 0 Å². The predicted octanol–water partition coefficient (Wildman–Crippen LogP) is 1.68. The Morgan fingerprint density at radius 2 is 2.13 bits per heavy atom. The van der Waals surface area contributed by atoms with Gasteiger partial charge in [-0.15, -0.1) is 0 Å². The van der Waals surface area contributed by atoms with Gasteiger partial charge in [-0.2, -0.15) is 11.8 Å². The molecule has 2 fully saturated rings. The van der Waals surface area contributed by atoms with Crippen LogP contribution in [-0.2, 0) is 4.79 Å². The zero-order valence-corrected chi connectivity index (χ0v) is 10.1. The largest absolute Gasteiger partial charge is 0.481 e. The average molecular weight is 229 g/mol. The maximum Gasteiger partial charge on any atom is 0.306 e. The van der Waals surface area contributed by atoms with Gasteiger partial charge in [0.25, 0.3) is 0 Å². The van der Waals surface area contributed by atoms with E-state index in [4.69, 9.17) is 5.11 Å². The van der Waals surface area contributed by atoms with Crippen LogP contribution in [-0.4, -0.2) is 46.6 Å². The van der Waals surface area contributed by atoms with Crippen molar-refractivity contribution >= 4 is 17.7 Å². The highest BCUT2D eigenvalue weighted by molar-refractivity contribution is 8.00. The zero-order valence-electron chi connectivity index (χ0n) is 9.24. The second-order valence-corrected chi connectivity index (χ2v) is 6.43. The van der Waals surface area contributed by atoms with Crippen LogP contribution in [0.5, 0.6) is 0 Å². The molecule has 2 aliphatic heterocycles. The van der Waals surface area contributed by atoms with Gasteiger partial charge >= 0.3 is 5.97 Å². The van der Waals surface area contributed by atoms with Crippen LogP contribution in [0.4, 0.5) is 0 Å². The number of hydrogen-bond acceptors (Lipinski definition) is 3. The van der Waals surface area contributed by atoms with Crippen molar-refractivity contribution in [3.63, 3.8) is 0 Å². The molecule has 2 aliphatic rings. The Hall–Kier alpha value is -0.220. The first-order valence-electron chi connectivity index (χ1n) is 5.67. The third-order valence-electron chi connectivity index (χ3n) is 3.74. The van der Waals surface area contributed by atoms with E-state index in [9.17, 15) is 4.79 Å². The van der Waals surface area contributed by atoms with Crippen molar-refractivity contribution < 1.29 is 9.90 Å². The molecule has 1 atom stereocenters. The summed E-state index contributed by atoms with van der Waals surface area (Å²) < 4.78 is 0.286. The molecule has 2 rings (SSSR count). The van der Waals surface area contributed by atoms with E-state index in [2.05, 4.69) is 11.9 Å². The van der Waals surface area contributed by atoms with Gasteiger partial charge in [0.05, 0.1) is 5.92 Å². The average Bonchev–Trinajstić information content (AvgIpc) is 2.23. The predicted molar refractivity (Wildman–Crippen MR) is 62.3 cm³/mol. The van der Waals surface area contributed by atoms with Crippen LogP contribution in [0.2, 0.25) is 0 Å². The molecule has 0 amide bonds. The molecule has 2 saturated heterocycles. The van der Waals surface area contributed by atoms with Gasteiger partial charge < -0.3 is 10.0 Å². The Morgan fingerprint density at radius 1 is 1.47 bits per heavy atom. The molecule has 0 aliphatic carbocycles. The van der Waals surface area contributed by atoms with Crippen molar-refractivity contribution in [3.05, 3.63) is 0 Å². The number of likely N-dealkylation sites (tertiary alicyclic amines) is 1. The van der Waals surface area contributed by atoms with E-state index in [0.717, 1.165) is 44.5 Å². The number of thioether (sulfide) groups is 1. The highest BCUT2D eigenvalue weighted by atomic mass is 32.2. The molecule has 1 unspecified atom stereocenters. The van der Waals surface area contributed by atoms with Crippen molar-refractivity contribution in [2.75, 3.05) is 25.9 Å². The van der Waals surface area contributed by atoms with Crippen LogP contribution in [0.1, 0.15) is 25.7 Å². The Bertz CT molecular complexity index is 249. The summed E-state index contributed by atoms with van der Waals surface area (Å²) in [5.74, 6) is 0.351. The van der Waals surface area contributed by atoms with Crippen LogP contribution in [0.15, 0.2) is 0 Å². The number of carbonyl (C=O) groups is 1. The zero-order chi connectivity index (χ0) is 10.9. The van der Waals surface area contributed by atoms with Crippen molar-refractivity contribution in [2.45, 2.75) is 30.4 Å². The molecule has 0 saturated carbocycles. The third kappa shape index (κ3) is 2.48. The maximum atomic E-state index is 11.0. The SMILES string of the molecule is CN1CCC2(CC1)CC(C(=O)O)CCS2. The molecule has 4 heteroatoms. The molecule has 3 nitrogen and oxygen atoms in total. The monoisotopic (exact) mass is 229 g/mol. The van der Waals surface area contributed by atoms with Crippen molar-refractivity contribution in [1.82, 2.24) is 4.90 Å². The fourth-order valence-electron chi connectivity index (χ4n) is 2.61. The Labute approximate surface area is 95.2 Å². The number of aliphatic carboxylic acids is 1. The number of carboxylic acid groups (broad SMARTS) is 1. The van der Waals surface area contributed by atoms with E-state index in [1.807, 2.05) is 11.8 Å². The molecule has 0 aromatic carbocycles. The van der Waals surface area contributed by atoms with Crippen LogP contribution >= 0.6 is 11.8 Å². The van der Waals surface area contributed by atoms with E-state index in [-0.39, 0.29) is 10.7 Å². The van der Waals surface area contributed by atoms with Crippen LogP contribution in [0.25, 0.3) is 0 Å². The van der Waals surface area contributed by atoms with Crippen LogP contribution in [0, 0.1) is 5.92 Å². The molecular weight excluding hydrogens is 210 g/mol. The van der Waals surface area contributed by atoms with Crippen LogP contribution in [0.3, 0.4) is 0 Å². The Kier molecular flexibility index (Phi) is 3.26. The first-order valence-corrected chi connectivity index (χ1v) is 6.65. The number of carboxylic acids is 1. The summed E-state index contributed by atoms with van der Waals surface area (Å²) in [5, 5.41) is 9.08. The fourth-order valence-corrected chi connectivity index (χ4v) is 4.24. The summed E-state index contributed by atoms with van der Waals surface area (Å²) in [5.41, 5.74) is 0. The van der Waals surface area contributed by atoms with Gasteiger partial charge in [-0.25, -0.2) is 0 Å². The van der Waals surface area contributed by atoms with Gasteiger partial charge in [-0.3, -0.25) is 4.79 Å². The van der Waals surface area contributed by atoms with Crippen LogP contribution < -0.4 is 0 Å². The molecule has 2 heterocycles. The van der Waals surface area contributed by atoms with Gasteiger partial charge in [0.2, 0.25) is 0 Å². The second-order valence-electron chi connectivity index (χ2n) is 4.86. The molecule has 86 valence electrons. The lowest BCUT2D eigenvalue weighted by Crippen LogP contribution is -2.44. The summed E-state index contributed by atoms with van der Waals surface area (Å²) in [6.45, 7) is 2.25. The molecular formula is C11H19NO2S. The quantitative estimate of drug-likeness (QED) is 0.742. The van der Waals surface area contributed by atoms with Crippen molar-refractivity contribution in [1.29, 1.82) is 0 Å². The minimum atomic E-state index is -0.589. The number of nitrogens with zero attached hydrogens (tertiary/aromatic N) is 1. The lowest BCUT2D eigenvalue weighted by Gasteiger charge is -2.44. The standard InChI is InChI=1S/C11H19NO2S/c1-12-5-3-11(4-6-12)8-9(10(13)14)2-7-15-11/h9H,2-8H2,1H3,(H,13,14). The first kappa shape index (κ1) is 11.3. The number of hydrogen-bond donors (Lipinski definition) is 1. The van der Waals surface area contributed by atoms with Gasteiger partial charge in [-0.1, -0.05) is 0 Å². The minimum Gasteiger partial charge on any atom is -0.481 e. The molecule has 15 heavy (non-hydrogen) atoms. The summed E-state index contributed by atoms with van der Waals surface area (Å²) >= 11 is 2.02. The highest BCUT2D eigenvalue weighted by Crippen LogP contribution is 2.45. The van der Waals surface area contributed by atoms with Gasteiger partial charge in [0, 0.05) is 4.75 Å². The summed E-state index contributed by atoms with van der Waals surface area (Å²) in [4.78, 5) is 13.4. The van der Waals surface area contributed by atoms with E-state index in [1.165, 1.54) is 0 Å². The molecule has 1 N–H and O–H groups in total. The minimum absolute atomic E-state index is 0.0883. The van der Waals surface area contributed by atoms with Crippen molar-refractivity contribution in [3.8, 4) is 0 Å². The molecule has 0 aromatic heterocycles. The van der Waals surface area contributed by atoms with E-state index in [1.54, 1.807) is 0 Å². The second kappa shape index (κ2) is 4.34. The first-order chi connectivity index (χ1) is 7.11. The molecule has 0 radical (unpaired) electrons. The summed E-state index contributed by atoms with van der Waals surface area (Å²) in [6.07, 6.45) is 4.08. The summed E-state index contributed by atoms with van der Waals surface area (Å²) in [7, 11) is 2.15. The number of rotatable bonds is 1. The van der Waals surface area contributed by atoms with Crippen molar-refractivity contribution in [2.24, 2.45) is 5.92 Å². The topological polar surface area (TPSA) is 40.5 Å². The third-order valence-corrected chi connectivity index (χ3v) is 5.37. The van der Waals surface area contributed by atoms with E-state index < -0.39 is 5.97 Å². The van der Waals surface area contributed by atoms with E-state index >= 15 is 0 Å². The van der Waals surface area contributed by atoms with E-state index in [0.29, 0.717) is 0 Å². The van der Waals surface area contributed by atoms with Gasteiger partial charge in [0.15, 0.2) is 0 Å². The summed E-state index contributed by atoms with van der Waals surface area (Å²) in [6, 6.07) is 0. The smallest absolute Gasteiger partial charge is 0.306 e. The lowest BCUT2D eigenvalue weighted by molar-refractivity contribution is -0.142. The lowest BCUT2D eigenvalue weighted by atomic mass is 9.84. The maximum absolute atomic E-state index is 11.0. The molecule has 1 spiro atoms. The molecule has 0 aromatic rings.